The van der Waals surface area contributed by atoms with Crippen molar-refractivity contribution in [1.82, 2.24) is 0 Å². The molecule has 0 aliphatic rings. The minimum absolute atomic E-state index is 0.369. The van der Waals surface area contributed by atoms with Gasteiger partial charge in [-0.25, -0.2) is 4.79 Å². The standard InChI is InChI=1S/C20H21NO5S/c1-24-15-10-8-14(17(12-15)25-2)9-11-20(23)26-13-19(22)21-16-6-4-5-7-18(16)27-3/h4-12H,13H2,1-3H3,(H,21,22)/b11-9+. The maximum Gasteiger partial charge on any atom is 0.331 e. The molecule has 0 saturated heterocycles. The van der Waals surface area contributed by atoms with E-state index in [9.17, 15) is 9.59 Å². The number of rotatable bonds is 8. The molecule has 0 aliphatic heterocycles. The van der Waals surface area contributed by atoms with Crippen molar-refractivity contribution in [2.75, 3.05) is 32.4 Å². The largest absolute Gasteiger partial charge is 0.497 e. The Kier molecular flexibility index (Phi) is 7.76. The summed E-state index contributed by atoms with van der Waals surface area (Å²) in [6.07, 6.45) is 4.72. The van der Waals surface area contributed by atoms with Crippen LogP contribution < -0.4 is 14.8 Å². The fourth-order valence-corrected chi connectivity index (χ4v) is 2.79. The second-order valence-electron chi connectivity index (χ2n) is 5.30. The Labute approximate surface area is 162 Å². The van der Waals surface area contributed by atoms with Crippen LogP contribution in [0.2, 0.25) is 0 Å². The van der Waals surface area contributed by atoms with E-state index in [1.54, 1.807) is 37.5 Å². The molecule has 7 heteroatoms. The highest BCUT2D eigenvalue weighted by molar-refractivity contribution is 7.98. The minimum atomic E-state index is -0.624. The van der Waals surface area contributed by atoms with Crippen molar-refractivity contribution in [3.8, 4) is 11.5 Å². The second kappa shape index (κ2) is 10.3. The van der Waals surface area contributed by atoms with Crippen LogP contribution in [0, 0.1) is 0 Å². The van der Waals surface area contributed by atoms with Crippen molar-refractivity contribution < 1.29 is 23.8 Å². The number of nitrogens with one attached hydrogen (secondary N) is 1. The van der Waals surface area contributed by atoms with Crippen LogP contribution in [-0.2, 0) is 14.3 Å². The van der Waals surface area contributed by atoms with E-state index in [0.29, 0.717) is 22.7 Å². The molecule has 2 aromatic carbocycles. The van der Waals surface area contributed by atoms with Crippen molar-refractivity contribution in [3.63, 3.8) is 0 Å². The van der Waals surface area contributed by atoms with Gasteiger partial charge in [0.1, 0.15) is 11.5 Å². The van der Waals surface area contributed by atoms with E-state index >= 15 is 0 Å². The highest BCUT2D eigenvalue weighted by atomic mass is 32.2. The monoisotopic (exact) mass is 387 g/mol. The zero-order valence-electron chi connectivity index (χ0n) is 15.4. The Bertz CT molecular complexity index is 835. The third-order valence-corrected chi connectivity index (χ3v) is 4.36. The summed E-state index contributed by atoms with van der Waals surface area (Å²) in [5.74, 6) is 0.181. The van der Waals surface area contributed by atoms with Crippen LogP contribution in [-0.4, -0.2) is 39.0 Å². The van der Waals surface area contributed by atoms with Crippen LogP contribution in [0.3, 0.4) is 0 Å². The molecule has 1 amide bonds. The zero-order chi connectivity index (χ0) is 19.6. The topological polar surface area (TPSA) is 73.9 Å². The number of ether oxygens (including phenoxy) is 3. The first-order chi connectivity index (χ1) is 13.1. The van der Waals surface area contributed by atoms with Crippen molar-refractivity contribution in [2.45, 2.75) is 4.90 Å². The van der Waals surface area contributed by atoms with Gasteiger partial charge in [0, 0.05) is 22.6 Å². The summed E-state index contributed by atoms with van der Waals surface area (Å²) in [4.78, 5) is 24.8. The number of carbonyl (C=O) groups is 2. The van der Waals surface area contributed by atoms with Crippen molar-refractivity contribution in [3.05, 3.63) is 54.1 Å². The highest BCUT2D eigenvalue weighted by Gasteiger charge is 2.09. The Balaban J connectivity index is 1.90. The van der Waals surface area contributed by atoms with E-state index in [1.165, 1.54) is 24.9 Å². The molecule has 0 fully saturated rings. The van der Waals surface area contributed by atoms with Crippen LogP contribution >= 0.6 is 11.8 Å². The molecule has 0 aliphatic carbocycles. The van der Waals surface area contributed by atoms with Crippen LogP contribution in [0.1, 0.15) is 5.56 Å². The molecule has 2 aromatic rings. The number of amides is 1. The number of anilines is 1. The summed E-state index contributed by atoms with van der Waals surface area (Å²) in [5, 5.41) is 2.73. The van der Waals surface area contributed by atoms with Gasteiger partial charge in [-0.1, -0.05) is 12.1 Å². The van der Waals surface area contributed by atoms with Crippen molar-refractivity contribution in [2.24, 2.45) is 0 Å². The SMILES string of the molecule is COc1ccc(/C=C/C(=O)OCC(=O)Nc2ccccc2SC)c(OC)c1. The number of hydrogen-bond donors (Lipinski definition) is 1. The summed E-state index contributed by atoms with van der Waals surface area (Å²) in [6, 6.07) is 12.6. The number of esters is 1. The van der Waals surface area contributed by atoms with Crippen molar-refractivity contribution in [1.29, 1.82) is 0 Å². The van der Waals surface area contributed by atoms with Gasteiger partial charge < -0.3 is 19.5 Å². The molecule has 27 heavy (non-hydrogen) atoms. The lowest BCUT2D eigenvalue weighted by Gasteiger charge is -2.09. The first-order valence-corrected chi connectivity index (χ1v) is 9.29. The van der Waals surface area contributed by atoms with Gasteiger partial charge in [0.2, 0.25) is 0 Å². The smallest absolute Gasteiger partial charge is 0.331 e. The molecule has 0 aromatic heterocycles. The molecule has 0 unspecified atom stereocenters. The molecule has 0 radical (unpaired) electrons. The Morgan fingerprint density at radius 2 is 1.89 bits per heavy atom. The lowest BCUT2D eigenvalue weighted by Crippen LogP contribution is -2.20. The highest BCUT2D eigenvalue weighted by Crippen LogP contribution is 2.26. The van der Waals surface area contributed by atoms with E-state index < -0.39 is 11.9 Å². The van der Waals surface area contributed by atoms with Gasteiger partial charge in [0.15, 0.2) is 6.61 Å². The molecule has 0 saturated carbocycles. The molecular weight excluding hydrogens is 366 g/mol. The predicted octanol–water partition coefficient (Wildman–Crippen LogP) is 3.62. The average Bonchev–Trinajstić information content (AvgIpc) is 2.70. The summed E-state index contributed by atoms with van der Waals surface area (Å²) < 4.78 is 15.4. The van der Waals surface area contributed by atoms with Crippen LogP contribution in [0.4, 0.5) is 5.69 Å². The lowest BCUT2D eigenvalue weighted by molar-refractivity contribution is -0.142. The molecule has 1 N–H and O–H groups in total. The molecule has 0 atom stereocenters. The Morgan fingerprint density at radius 3 is 2.59 bits per heavy atom. The van der Waals surface area contributed by atoms with Gasteiger partial charge in [-0.3, -0.25) is 4.79 Å². The number of methoxy groups -OCH3 is 2. The van der Waals surface area contributed by atoms with E-state index in [1.807, 2.05) is 24.5 Å². The third-order valence-electron chi connectivity index (χ3n) is 3.57. The molecular formula is C20H21NO5S. The van der Waals surface area contributed by atoms with E-state index in [0.717, 1.165) is 4.90 Å². The summed E-state index contributed by atoms with van der Waals surface area (Å²) in [5.41, 5.74) is 1.37. The predicted molar refractivity (Wildman–Crippen MR) is 106 cm³/mol. The van der Waals surface area contributed by atoms with Gasteiger partial charge in [-0.15, -0.1) is 11.8 Å². The molecule has 0 bridgehead atoms. The number of para-hydroxylation sites is 1. The average molecular weight is 387 g/mol. The molecule has 0 spiro atoms. The number of carbonyl (C=O) groups excluding carboxylic acids is 2. The molecule has 142 valence electrons. The quantitative estimate of drug-likeness (QED) is 0.424. The first kappa shape index (κ1) is 20.4. The van der Waals surface area contributed by atoms with Gasteiger partial charge in [0.05, 0.1) is 19.9 Å². The van der Waals surface area contributed by atoms with Crippen LogP contribution in [0.15, 0.2) is 53.4 Å². The third kappa shape index (κ3) is 6.07. The molecule has 2 rings (SSSR count). The van der Waals surface area contributed by atoms with Crippen LogP contribution in [0.5, 0.6) is 11.5 Å². The number of benzene rings is 2. The Morgan fingerprint density at radius 1 is 1.11 bits per heavy atom. The van der Waals surface area contributed by atoms with Gasteiger partial charge in [-0.2, -0.15) is 0 Å². The fourth-order valence-electron chi connectivity index (χ4n) is 2.23. The fraction of sp³-hybridized carbons (Fsp3) is 0.200. The van der Waals surface area contributed by atoms with Crippen LogP contribution in [0.25, 0.3) is 6.08 Å². The molecule has 6 nitrogen and oxygen atoms in total. The zero-order valence-corrected chi connectivity index (χ0v) is 16.2. The first-order valence-electron chi connectivity index (χ1n) is 8.07. The van der Waals surface area contributed by atoms with Gasteiger partial charge in [-0.05, 0) is 36.6 Å². The van der Waals surface area contributed by atoms with E-state index in [2.05, 4.69) is 5.32 Å². The Hall–Kier alpha value is -2.93. The maximum atomic E-state index is 12.0. The second-order valence-corrected chi connectivity index (χ2v) is 6.15. The lowest BCUT2D eigenvalue weighted by atomic mass is 10.2. The molecule has 0 heterocycles. The summed E-state index contributed by atoms with van der Waals surface area (Å²) in [7, 11) is 3.09. The van der Waals surface area contributed by atoms with E-state index in [-0.39, 0.29) is 6.61 Å². The summed E-state index contributed by atoms with van der Waals surface area (Å²) in [6.45, 7) is -0.369. The van der Waals surface area contributed by atoms with E-state index in [4.69, 9.17) is 14.2 Å². The van der Waals surface area contributed by atoms with Crippen molar-refractivity contribution >= 4 is 35.4 Å². The summed E-state index contributed by atoms with van der Waals surface area (Å²) >= 11 is 1.52. The number of thioether (sulfide) groups is 1. The van der Waals surface area contributed by atoms with Gasteiger partial charge >= 0.3 is 5.97 Å². The minimum Gasteiger partial charge on any atom is -0.497 e. The normalized spacial score (nSPS) is 10.5. The number of hydrogen-bond acceptors (Lipinski definition) is 6. The maximum absolute atomic E-state index is 12.0. The van der Waals surface area contributed by atoms with Gasteiger partial charge in [0.25, 0.3) is 5.91 Å².